The number of aliphatic hydroxyl groups is 1. The summed E-state index contributed by atoms with van der Waals surface area (Å²) in [5, 5.41) is 8.93. The number of sulfonamides is 1. The summed E-state index contributed by atoms with van der Waals surface area (Å²) in [7, 11) is -3.46. The van der Waals surface area contributed by atoms with E-state index in [0.717, 1.165) is 12.8 Å². The first kappa shape index (κ1) is 16.1. The molecule has 0 saturated carbocycles. The predicted octanol–water partition coefficient (Wildman–Crippen LogP) is 2.28. The lowest BCUT2D eigenvalue weighted by Crippen LogP contribution is -2.32. The van der Waals surface area contributed by atoms with Gasteiger partial charge in [-0.15, -0.1) is 0 Å². The van der Waals surface area contributed by atoms with Gasteiger partial charge in [0, 0.05) is 6.04 Å². The Labute approximate surface area is 115 Å². The van der Waals surface area contributed by atoms with Crippen molar-refractivity contribution in [3.05, 3.63) is 29.8 Å². The Morgan fingerprint density at radius 2 is 1.68 bits per heavy atom. The van der Waals surface area contributed by atoms with Gasteiger partial charge in [0.25, 0.3) is 0 Å². The number of benzene rings is 1. The lowest BCUT2D eigenvalue weighted by Gasteiger charge is -2.15. The average Bonchev–Trinajstić information content (AvgIpc) is 2.36. The maximum atomic E-state index is 12.1. The summed E-state index contributed by atoms with van der Waals surface area (Å²) in [6.45, 7) is 6.03. The fourth-order valence-electron chi connectivity index (χ4n) is 1.75. The largest absolute Gasteiger partial charge is 0.392 e. The fraction of sp³-hybridized carbons (Fsp3) is 0.571. The highest BCUT2D eigenvalue weighted by Crippen LogP contribution is 2.13. The van der Waals surface area contributed by atoms with Crippen molar-refractivity contribution < 1.29 is 13.5 Å². The molecule has 0 heterocycles. The number of aliphatic hydroxyl groups excluding tert-OH is 1. The monoisotopic (exact) mass is 285 g/mol. The van der Waals surface area contributed by atoms with Gasteiger partial charge in [0.15, 0.2) is 0 Å². The lowest BCUT2D eigenvalue weighted by molar-refractivity contribution is 0.282. The zero-order chi connectivity index (χ0) is 14.5. The molecule has 0 aliphatic rings. The second-order valence-electron chi connectivity index (χ2n) is 5.30. The molecule has 1 rings (SSSR count). The molecule has 1 atom stereocenters. The van der Waals surface area contributed by atoms with E-state index in [2.05, 4.69) is 18.6 Å². The van der Waals surface area contributed by atoms with E-state index in [0.29, 0.717) is 11.5 Å². The molecule has 0 spiro atoms. The van der Waals surface area contributed by atoms with Crippen molar-refractivity contribution in [2.75, 3.05) is 0 Å². The molecule has 1 unspecified atom stereocenters. The van der Waals surface area contributed by atoms with Gasteiger partial charge in [-0.1, -0.05) is 26.0 Å². The Kier molecular flexibility index (Phi) is 5.97. The van der Waals surface area contributed by atoms with Gasteiger partial charge in [-0.2, -0.15) is 0 Å². The first-order valence-corrected chi connectivity index (χ1v) is 8.05. The van der Waals surface area contributed by atoms with Gasteiger partial charge < -0.3 is 5.11 Å². The third-order valence-corrected chi connectivity index (χ3v) is 4.56. The van der Waals surface area contributed by atoms with E-state index in [4.69, 9.17) is 5.11 Å². The molecule has 108 valence electrons. The van der Waals surface area contributed by atoms with Crippen LogP contribution in [-0.4, -0.2) is 19.6 Å². The van der Waals surface area contributed by atoms with Gasteiger partial charge in [0.05, 0.1) is 11.5 Å². The quantitative estimate of drug-likeness (QED) is 0.807. The average molecular weight is 285 g/mol. The maximum Gasteiger partial charge on any atom is 0.240 e. The summed E-state index contributed by atoms with van der Waals surface area (Å²) < 4.78 is 26.9. The molecule has 0 saturated heterocycles. The minimum absolute atomic E-state index is 0.0788. The van der Waals surface area contributed by atoms with Crippen LogP contribution >= 0.6 is 0 Å². The minimum Gasteiger partial charge on any atom is -0.392 e. The van der Waals surface area contributed by atoms with Crippen molar-refractivity contribution in [2.45, 2.75) is 51.2 Å². The fourth-order valence-corrected chi connectivity index (χ4v) is 3.03. The molecule has 5 heteroatoms. The van der Waals surface area contributed by atoms with Crippen LogP contribution in [0.25, 0.3) is 0 Å². The lowest BCUT2D eigenvalue weighted by atomic mass is 10.1. The molecule has 0 fully saturated rings. The first-order chi connectivity index (χ1) is 8.85. The predicted molar refractivity (Wildman–Crippen MR) is 76.2 cm³/mol. The highest BCUT2D eigenvalue weighted by atomic mass is 32.2. The van der Waals surface area contributed by atoms with Crippen LogP contribution in [0.15, 0.2) is 29.2 Å². The third kappa shape index (κ3) is 5.30. The zero-order valence-electron chi connectivity index (χ0n) is 11.8. The van der Waals surface area contributed by atoms with Crippen LogP contribution in [0.5, 0.6) is 0 Å². The van der Waals surface area contributed by atoms with Crippen molar-refractivity contribution in [3.63, 3.8) is 0 Å². The highest BCUT2D eigenvalue weighted by molar-refractivity contribution is 7.89. The van der Waals surface area contributed by atoms with E-state index in [1.807, 2.05) is 6.92 Å². The summed E-state index contributed by atoms with van der Waals surface area (Å²) in [6, 6.07) is 6.19. The second kappa shape index (κ2) is 7.03. The molecule has 1 aromatic carbocycles. The molecule has 0 aromatic heterocycles. The summed E-state index contributed by atoms with van der Waals surface area (Å²) in [5.74, 6) is 0.566. The molecule has 1 aromatic rings. The summed E-state index contributed by atoms with van der Waals surface area (Å²) >= 11 is 0. The van der Waals surface area contributed by atoms with Crippen LogP contribution in [-0.2, 0) is 16.6 Å². The van der Waals surface area contributed by atoms with Crippen molar-refractivity contribution in [3.8, 4) is 0 Å². The SMILES string of the molecule is CC(C)CCC(C)NS(=O)(=O)c1ccc(CO)cc1. The molecule has 0 radical (unpaired) electrons. The van der Waals surface area contributed by atoms with E-state index in [1.54, 1.807) is 12.1 Å². The van der Waals surface area contributed by atoms with Crippen LogP contribution in [0.4, 0.5) is 0 Å². The van der Waals surface area contributed by atoms with Gasteiger partial charge in [-0.3, -0.25) is 0 Å². The van der Waals surface area contributed by atoms with Crippen LogP contribution < -0.4 is 4.72 Å². The van der Waals surface area contributed by atoms with Gasteiger partial charge >= 0.3 is 0 Å². The third-order valence-electron chi connectivity index (χ3n) is 2.95. The van der Waals surface area contributed by atoms with Gasteiger partial charge in [0.2, 0.25) is 10.0 Å². The van der Waals surface area contributed by atoms with E-state index in [1.165, 1.54) is 12.1 Å². The molecular formula is C14H23NO3S. The van der Waals surface area contributed by atoms with Crippen LogP contribution in [0.2, 0.25) is 0 Å². The van der Waals surface area contributed by atoms with E-state index in [-0.39, 0.29) is 17.5 Å². The van der Waals surface area contributed by atoms with Crippen LogP contribution in [0.1, 0.15) is 39.2 Å². The normalized spacial score (nSPS) is 13.7. The standard InChI is InChI=1S/C14H23NO3S/c1-11(2)4-5-12(3)15-19(17,18)14-8-6-13(10-16)7-9-14/h6-9,11-12,15-16H,4-5,10H2,1-3H3. The van der Waals surface area contributed by atoms with Crippen LogP contribution in [0.3, 0.4) is 0 Å². The maximum absolute atomic E-state index is 12.1. The Hall–Kier alpha value is -0.910. The Morgan fingerprint density at radius 3 is 2.16 bits per heavy atom. The topological polar surface area (TPSA) is 66.4 Å². The van der Waals surface area contributed by atoms with Gasteiger partial charge in [-0.05, 0) is 43.4 Å². The summed E-state index contributed by atoms with van der Waals surface area (Å²) in [4.78, 5) is 0.237. The zero-order valence-corrected chi connectivity index (χ0v) is 12.6. The van der Waals surface area contributed by atoms with Crippen molar-refractivity contribution >= 4 is 10.0 Å². The molecule has 4 nitrogen and oxygen atoms in total. The van der Waals surface area contributed by atoms with E-state index >= 15 is 0 Å². The highest BCUT2D eigenvalue weighted by Gasteiger charge is 2.17. The molecule has 2 N–H and O–H groups in total. The van der Waals surface area contributed by atoms with Crippen LogP contribution in [0, 0.1) is 5.92 Å². The van der Waals surface area contributed by atoms with Gasteiger partial charge in [0.1, 0.15) is 0 Å². The van der Waals surface area contributed by atoms with Crippen molar-refractivity contribution in [1.82, 2.24) is 4.72 Å². The summed E-state index contributed by atoms with van der Waals surface area (Å²) in [6.07, 6.45) is 1.82. The summed E-state index contributed by atoms with van der Waals surface area (Å²) in [5.41, 5.74) is 0.701. The molecule has 19 heavy (non-hydrogen) atoms. The smallest absolute Gasteiger partial charge is 0.240 e. The second-order valence-corrected chi connectivity index (χ2v) is 7.01. The first-order valence-electron chi connectivity index (χ1n) is 6.57. The van der Waals surface area contributed by atoms with E-state index < -0.39 is 10.0 Å². The number of rotatable bonds is 7. The number of hydrogen-bond donors (Lipinski definition) is 2. The van der Waals surface area contributed by atoms with E-state index in [9.17, 15) is 8.42 Å². The van der Waals surface area contributed by atoms with Crippen molar-refractivity contribution in [1.29, 1.82) is 0 Å². The van der Waals surface area contributed by atoms with Gasteiger partial charge in [-0.25, -0.2) is 13.1 Å². The molecule has 0 aliphatic heterocycles. The molecular weight excluding hydrogens is 262 g/mol. The Balaban J connectivity index is 2.69. The minimum atomic E-state index is -3.46. The Morgan fingerprint density at radius 1 is 1.11 bits per heavy atom. The van der Waals surface area contributed by atoms with Crippen molar-refractivity contribution in [2.24, 2.45) is 5.92 Å². The number of nitrogens with one attached hydrogen (secondary N) is 1. The Bertz CT molecular complexity index is 480. The molecule has 0 amide bonds. The molecule has 0 aliphatic carbocycles. The number of hydrogen-bond acceptors (Lipinski definition) is 3. The molecule has 0 bridgehead atoms.